The minimum Gasteiger partial charge on any atom is -0.309 e. The Bertz CT molecular complexity index is 3140. The first-order chi connectivity index (χ1) is 26.8. The van der Waals surface area contributed by atoms with E-state index >= 15 is 0 Å². The molecule has 0 amide bonds. The monoisotopic (exact) mass is 688 g/mol. The Hall–Kier alpha value is -7.30. The van der Waals surface area contributed by atoms with Crippen molar-refractivity contribution in [2.24, 2.45) is 0 Å². The van der Waals surface area contributed by atoms with E-state index in [9.17, 15) is 0 Å². The number of para-hydroxylation sites is 3. The van der Waals surface area contributed by atoms with Crippen molar-refractivity contribution >= 4 is 54.4 Å². The van der Waals surface area contributed by atoms with E-state index in [4.69, 9.17) is 9.97 Å². The van der Waals surface area contributed by atoms with Crippen LogP contribution in [0.1, 0.15) is 0 Å². The molecule has 252 valence electrons. The maximum Gasteiger partial charge on any atom is 0.160 e. The smallest absolute Gasteiger partial charge is 0.160 e. The van der Waals surface area contributed by atoms with Gasteiger partial charge in [-0.05, 0) is 60.0 Å². The highest BCUT2D eigenvalue weighted by Gasteiger charge is 2.19. The van der Waals surface area contributed by atoms with Crippen LogP contribution in [0.15, 0.2) is 194 Å². The van der Waals surface area contributed by atoms with Crippen molar-refractivity contribution < 1.29 is 0 Å². The number of fused-ring (bicyclic) bond motifs is 8. The maximum absolute atomic E-state index is 5.16. The van der Waals surface area contributed by atoms with E-state index in [1.54, 1.807) is 0 Å². The molecule has 0 saturated heterocycles. The van der Waals surface area contributed by atoms with Gasteiger partial charge in [0.15, 0.2) is 5.82 Å². The van der Waals surface area contributed by atoms with Crippen molar-refractivity contribution in [2.75, 3.05) is 0 Å². The highest BCUT2D eigenvalue weighted by molar-refractivity contribution is 6.22. The van der Waals surface area contributed by atoms with Gasteiger partial charge in [-0.15, -0.1) is 0 Å². The molecular weight excluding hydrogens is 657 g/mol. The van der Waals surface area contributed by atoms with Crippen molar-refractivity contribution in [3.63, 3.8) is 0 Å². The van der Waals surface area contributed by atoms with Gasteiger partial charge in [0.2, 0.25) is 0 Å². The molecule has 0 aliphatic carbocycles. The molecule has 0 fully saturated rings. The lowest BCUT2D eigenvalue weighted by molar-refractivity contribution is 1.17. The fraction of sp³-hybridized carbons (Fsp3) is 0. The molecular formula is C50H32N4. The molecule has 0 aliphatic rings. The summed E-state index contributed by atoms with van der Waals surface area (Å²) in [6.45, 7) is 0. The Balaban J connectivity index is 1.17. The molecule has 0 aliphatic heterocycles. The predicted molar refractivity (Wildman–Crippen MR) is 225 cm³/mol. The van der Waals surface area contributed by atoms with E-state index in [2.05, 4.69) is 179 Å². The van der Waals surface area contributed by atoms with Crippen LogP contribution in [0.5, 0.6) is 0 Å². The fourth-order valence-electron chi connectivity index (χ4n) is 8.24. The number of nitrogens with zero attached hydrogens (tertiary/aromatic N) is 4. The van der Waals surface area contributed by atoms with Gasteiger partial charge in [0.1, 0.15) is 0 Å². The zero-order valence-electron chi connectivity index (χ0n) is 29.3. The Labute approximate surface area is 311 Å². The van der Waals surface area contributed by atoms with Crippen LogP contribution in [0.3, 0.4) is 0 Å². The van der Waals surface area contributed by atoms with E-state index < -0.39 is 0 Å². The maximum atomic E-state index is 5.16. The quantitative estimate of drug-likeness (QED) is 0.180. The van der Waals surface area contributed by atoms with Gasteiger partial charge in [0.05, 0.1) is 33.5 Å². The van der Waals surface area contributed by atoms with Crippen LogP contribution in [0.2, 0.25) is 0 Å². The minimum absolute atomic E-state index is 0.707. The molecule has 4 nitrogen and oxygen atoms in total. The molecule has 0 radical (unpaired) electrons. The first-order valence-corrected chi connectivity index (χ1v) is 18.3. The summed E-state index contributed by atoms with van der Waals surface area (Å²) in [5, 5.41) is 7.36. The number of hydrogen-bond acceptors (Lipinski definition) is 2. The third-order valence-electron chi connectivity index (χ3n) is 10.7. The van der Waals surface area contributed by atoms with E-state index in [1.807, 2.05) is 24.3 Å². The molecule has 4 heteroatoms. The summed E-state index contributed by atoms with van der Waals surface area (Å²) in [7, 11) is 0. The lowest BCUT2D eigenvalue weighted by atomic mass is 10.0. The predicted octanol–water partition coefficient (Wildman–Crippen LogP) is 12.8. The summed E-state index contributed by atoms with van der Waals surface area (Å²) >= 11 is 0. The summed E-state index contributed by atoms with van der Waals surface area (Å²) in [5.74, 6) is 0.707. The Morgan fingerprint density at radius 3 is 1.63 bits per heavy atom. The van der Waals surface area contributed by atoms with E-state index in [0.29, 0.717) is 5.82 Å². The molecule has 0 atom stereocenters. The van der Waals surface area contributed by atoms with Gasteiger partial charge in [-0.25, -0.2) is 9.97 Å². The second-order valence-electron chi connectivity index (χ2n) is 13.8. The van der Waals surface area contributed by atoms with Gasteiger partial charge in [0.25, 0.3) is 0 Å². The van der Waals surface area contributed by atoms with Crippen LogP contribution in [0.4, 0.5) is 0 Å². The highest BCUT2D eigenvalue weighted by atomic mass is 15.0. The van der Waals surface area contributed by atoms with Crippen molar-refractivity contribution in [1.82, 2.24) is 19.1 Å². The Morgan fingerprint density at radius 1 is 0.315 bits per heavy atom. The summed E-state index contributed by atoms with van der Waals surface area (Å²) in [5.41, 5.74) is 11.9. The Kier molecular flexibility index (Phi) is 6.82. The molecule has 8 aromatic carbocycles. The zero-order chi connectivity index (χ0) is 35.6. The summed E-state index contributed by atoms with van der Waals surface area (Å²) < 4.78 is 4.83. The van der Waals surface area contributed by atoms with Gasteiger partial charge in [-0.2, -0.15) is 0 Å². The molecule has 3 aromatic heterocycles. The average molecular weight is 689 g/mol. The highest BCUT2D eigenvalue weighted by Crippen LogP contribution is 2.41. The van der Waals surface area contributed by atoms with Crippen molar-refractivity contribution in [2.45, 2.75) is 0 Å². The number of benzene rings is 8. The summed E-state index contributed by atoms with van der Waals surface area (Å²) in [6.07, 6.45) is 0. The summed E-state index contributed by atoms with van der Waals surface area (Å²) in [6, 6.07) is 69.0. The van der Waals surface area contributed by atoms with Crippen molar-refractivity contribution in [1.29, 1.82) is 0 Å². The molecule has 0 saturated carbocycles. The van der Waals surface area contributed by atoms with Crippen LogP contribution in [-0.2, 0) is 0 Å². The third kappa shape index (κ3) is 4.78. The summed E-state index contributed by atoms with van der Waals surface area (Å²) in [4.78, 5) is 10.2. The molecule has 0 bridgehead atoms. The van der Waals surface area contributed by atoms with Crippen LogP contribution >= 0.6 is 0 Å². The van der Waals surface area contributed by atoms with Crippen LogP contribution in [0.25, 0.3) is 99.7 Å². The second-order valence-corrected chi connectivity index (χ2v) is 13.8. The number of rotatable bonds is 5. The van der Waals surface area contributed by atoms with E-state index in [-0.39, 0.29) is 0 Å². The zero-order valence-corrected chi connectivity index (χ0v) is 29.3. The molecule has 3 heterocycles. The topological polar surface area (TPSA) is 35.6 Å². The molecule has 0 unspecified atom stereocenters. The van der Waals surface area contributed by atoms with Gasteiger partial charge < -0.3 is 9.13 Å². The van der Waals surface area contributed by atoms with Gasteiger partial charge in [-0.1, -0.05) is 140 Å². The van der Waals surface area contributed by atoms with Crippen molar-refractivity contribution in [3.05, 3.63) is 194 Å². The van der Waals surface area contributed by atoms with Gasteiger partial charge in [-0.3, -0.25) is 0 Å². The minimum atomic E-state index is 0.707. The van der Waals surface area contributed by atoms with Crippen molar-refractivity contribution in [3.8, 4) is 45.3 Å². The molecule has 11 rings (SSSR count). The third-order valence-corrected chi connectivity index (χ3v) is 10.7. The second kappa shape index (κ2) is 12.1. The average Bonchev–Trinajstić information content (AvgIpc) is 3.76. The SMILES string of the molecule is c1ccc(-c2cc(-c3cccc(-n4c5ccccc5c5ccc6cc7c(cc6c54)c4ccccc4n7-c4ccccc4)c3)nc(-c3ccccc3)n2)cc1. The Morgan fingerprint density at radius 2 is 0.889 bits per heavy atom. The standard InChI is InChI=1S/C50H32N4/c1-4-15-33(16-5-1)44-32-45(52-50(51-44)34-17-6-2-7-18-34)36-19-14-22-38(29-36)54-47-26-13-10-23-39(47)41-28-27-35-30-48-43(31-42(35)49(41)54)40-24-11-12-25-46(40)53(48)37-20-8-3-9-21-37/h1-32H. The normalized spacial score (nSPS) is 11.7. The molecule has 0 spiro atoms. The fourth-order valence-corrected chi connectivity index (χ4v) is 8.24. The van der Waals surface area contributed by atoms with Crippen LogP contribution < -0.4 is 0 Å². The van der Waals surface area contributed by atoms with Crippen LogP contribution in [-0.4, -0.2) is 19.1 Å². The van der Waals surface area contributed by atoms with Gasteiger partial charge >= 0.3 is 0 Å². The first kappa shape index (κ1) is 30.3. The van der Waals surface area contributed by atoms with Crippen LogP contribution in [0, 0.1) is 0 Å². The van der Waals surface area contributed by atoms with Gasteiger partial charge in [0, 0.05) is 55.0 Å². The number of aromatic nitrogens is 4. The first-order valence-electron chi connectivity index (χ1n) is 18.3. The lowest BCUT2D eigenvalue weighted by Crippen LogP contribution is -1.98. The molecule has 0 N–H and O–H groups in total. The molecule has 11 aromatic rings. The van der Waals surface area contributed by atoms with E-state index in [1.165, 1.54) is 54.4 Å². The lowest BCUT2D eigenvalue weighted by Gasteiger charge is -2.13. The molecule has 54 heavy (non-hydrogen) atoms. The van der Waals surface area contributed by atoms with E-state index in [0.717, 1.165) is 39.5 Å². The number of hydrogen-bond donors (Lipinski definition) is 0. The largest absolute Gasteiger partial charge is 0.309 e.